The van der Waals surface area contributed by atoms with E-state index in [2.05, 4.69) is 346 Å². The second-order valence-corrected chi connectivity index (χ2v) is 28.0. The minimum Gasteiger partial charge on any atom is -0.306 e. The molecule has 0 aliphatic rings. The summed E-state index contributed by atoms with van der Waals surface area (Å²) in [6.07, 6.45) is 0. The highest BCUT2D eigenvalue weighted by atomic mass is 32.1. The molecule has 0 spiro atoms. The number of thiophene rings is 2. The molecule has 0 saturated carbocycles. The van der Waals surface area contributed by atoms with Gasteiger partial charge in [-0.1, -0.05) is 267 Å². The molecular formula is C92H52N6S2. The monoisotopic (exact) mass is 1300 g/mol. The average Bonchev–Trinajstić information content (AvgIpc) is 1.47. The molecule has 21 rings (SSSR count). The van der Waals surface area contributed by atoms with Gasteiger partial charge in [-0.3, -0.25) is 0 Å². The Labute approximate surface area is 581 Å². The van der Waals surface area contributed by atoms with Crippen molar-refractivity contribution < 1.29 is 0 Å². The molecule has 0 aliphatic carbocycles. The normalized spacial score (nSPS) is 12.0. The summed E-state index contributed by atoms with van der Waals surface area (Å²) >= 11 is 3.55. The fourth-order valence-electron chi connectivity index (χ4n) is 16.8. The Bertz CT molecular complexity index is 6910. The first kappa shape index (κ1) is 56.1. The van der Waals surface area contributed by atoms with Gasteiger partial charge in [0.1, 0.15) is 23.3 Å². The van der Waals surface area contributed by atoms with E-state index in [4.69, 9.17) is 0 Å². The average molecular weight is 1310 g/mol. The third-order valence-electron chi connectivity index (χ3n) is 20.9. The lowest BCUT2D eigenvalue weighted by atomic mass is 9.92. The van der Waals surface area contributed by atoms with Gasteiger partial charge >= 0.3 is 0 Å². The van der Waals surface area contributed by atoms with Crippen LogP contribution in [0.5, 0.6) is 0 Å². The minimum absolute atomic E-state index is 0.397. The largest absolute Gasteiger partial charge is 0.306 e. The maximum atomic E-state index is 13.6. The molecule has 6 heterocycles. The predicted molar refractivity (Wildman–Crippen MR) is 421 cm³/mol. The van der Waals surface area contributed by atoms with Crippen molar-refractivity contribution in [2.45, 2.75) is 0 Å². The summed E-state index contributed by atoms with van der Waals surface area (Å²) in [5.74, 6) is 0. The lowest BCUT2D eigenvalue weighted by Crippen LogP contribution is -2.16. The highest BCUT2D eigenvalue weighted by Crippen LogP contribution is 2.54. The Morgan fingerprint density at radius 1 is 0.230 bits per heavy atom. The number of aromatic nitrogens is 4. The summed E-state index contributed by atoms with van der Waals surface area (Å²) in [5.41, 5.74) is 19.1. The quantitative estimate of drug-likeness (QED) is 0.152. The third kappa shape index (κ3) is 7.86. The molecule has 0 amide bonds. The lowest BCUT2D eigenvalue weighted by molar-refractivity contribution is 1.03. The van der Waals surface area contributed by atoms with Gasteiger partial charge in [0.05, 0.1) is 76.3 Å². The van der Waals surface area contributed by atoms with E-state index in [1.807, 2.05) is 0 Å². The Balaban J connectivity index is 1.04. The maximum Gasteiger partial charge on any atom is 0.104 e. The number of nitrogens with zero attached hydrogens (tertiary/aromatic N) is 6. The first-order chi connectivity index (χ1) is 49.6. The van der Waals surface area contributed by atoms with E-state index in [1.165, 1.54) is 0 Å². The number of rotatable bonds is 8. The zero-order valence-electron chi connectivity index (χ0n) is 53.5. The molecule has 0 N–H and O–H groups in total. The van der Waals surface area contributed by atoms with Gasteiger partial charge in [0, 0.05) is 74.0 Å². The van der Waals surface area contributed by atoms with Crippen molar-refractivity contribution in [1.29, 1.82) is 10.5 Å². The van der Waals surface area contributed by atoms with Gasteiger partial charge in [0.2, 0.25) is 0 Å². The molecule has 0 unspecified atom stereocenters. The van der Waals surface area contributed by atoms with E-state index in [-0.39, 0.29) is 0 Å². The van der Waals surface area contributed by atoms with Gasteiger partial charge in [-0.2, -0.15) is 10.5 Å². The number of hydrogen-bond acceptors (Lipinski definition) is 4. The molecule has 0 fully saturated rings. The Kier molecular flexibility index (Phi) is 12.2. The van der Waals surface area contributed by atoms with Crippen molar-refractivity contribution in [2.75, 3.05) is 0 Å². The van der Waals surface area contributed by atoms with Crippen LogP contribution in [0, 0.1) is 22.7 Å². The standard InChI is InChI=1S/C92H52N6S2/c93-53-74-86(96-78-41-19-13-34-64(78)65-35-14-20-42-79(65)96)88(98-81-52-57(60-30-8-7-28-58(60)55-24-3-1-4-25-55)46-47-66(81)70-48-49-71-67-36-15-21-44-82(67)99-91(71)89(70)98)75(54-94)85(95-76-39-17-11-32-62(76)63-33-12-18-40-77(63)95)87(74)97-80-43-23-38-69(61-31-10-9-29-59(61)56-26-5-2-6-27-56)84(80)73-51-50-72-68-37-16-22-45-83(68)100-92(72)90(73)97/h1-52H. The fourth-order valence-corrected chi connectivity index (χ4v) is 19.2. The van der Waals surface area contributed by atoms with E-state index >= 15 is 0 Å². The van der Waals surface area contributed by atoms with Gasteiger partial charge in [-0.15, -0.1) is 22.7 Å². The highest BCUT2D eigenvalue weighted by Gasteiger charge is 2.36. The molecule has 15 aromatic carbocycles. The van der Waals surface area contributed by atoms with E-state index in [1.54, 1.807) is 22.7 Å². The highest BCUT2D eigenvalue weighted by molar-refractivity contribution is 7.27. The number of nitriles is 2. The van der Waals surface area contributed by atoms with E-state index in [0.717, 1.165) is 172 Å². The maximum absolute atomic E-state index is 13.6. The van der Waals surface area contributed by atoms with Gasteiger partial charge in [0.25, 0.3) is 0 Å². The Morgan fingerprint density at radius 3 is 1.07 bits per heavy atom. The number of hydrogen-bond donors (Lipinski definition) is 0. The zero-order valence-corrected chi connectivity index (χ0v) is 55.2. The molecule has 0 bridgehead atoms. The molecular weight excluding hydrogens is 1250 g/mol. The van der Waals surface area contributed by atoms with Crippen molar-refractivity contribution in [3.8, 4) is 79.4 Å². The van der Waals surface area contributed by atoms with Crippen LogP contribution in [0.1, 0.15) is 11.1 Å². The van der Waals surface area contributed by atoms with Crippen LogP contribution in [0.15, 0.2) is 315 Å². The molecule has 8 heteroatoms. The summed E-state index contributed by atoms with van der Waals surface area (Å²) in [4.78, 5) is 0. The summed E-state index contributed by atoms with van der Waals surface area (Å²) < 4.78 is 13.9. The first-order valence-electron chi connectivity index (χ1n) is 33.7. The predicted octanol–water partition coefficient (Wildman–Crippen LogP) is 25.2. The van der Waals surface area contributed by atoms with Gasteiger partial charge < -0.3 is 18.3 Å². The van der Waals surface area contributed by atoms with E-state index in [9.17, 15) is 10.5 Å². The Hall–Kier alpha value is -13.1. The fraction of sp³-hybridized carbons (Fsp3) is 0. The first-order valence-corrected chi connectivity index (χ1v) is 35.3. The van der Waals surface area contributed by atoms with Crippen LogP contribution in [0.4, 0.5) is 0 Å². The number of para-hydroxylation sites is 4. The minimum atomic E-state index is 0.397. The summed E-state index contributed by atoms with van der Waals surface area (Å²) in [6, 6.07) is 119. The van der Waals surface area contributed by atoms with Crippen molar-refractivity contribution in [2.24, 2.45) is 0 Å². The van der Waals surface area contributed by atoms with Crippen molar-refractivity contribution in [3.05, 3.63) is 327 Å². The molecule has 21 aromatic rings. The molecule has 462 valence electrons. The van der Waals surface area contributed by atoms with Crippen LogP contribution < -0.4 is 0 Å². The van der Waals surface area contributed by atoms with Crippen molar-refractivity contribution in [1.82, 2.24) is 18.3 Å². The van der Waals surface area contributed by atoms with Gasteiger partial charge in [-0.05, 0) is 93.0 Å². The SMILES string of the molecule is N#Cc1c(-n2c3ccccc3c3ccccc32)c(-n2c3cccc(-c4ccccc4-c4ccccc4)c3c3ccc4c5ccccc5sc4c32)c(C#N)c(-n2c3ccccc3c3ccccc32)c1-n1c2cc(-c3ccccc3-c3ccccc3)ccc2c2ccc3c4ccccc4sc3c21. The Morgan fingerprint density at radius 2 is 0.570 bits per heavy atom. The van der Waals surface area contributed by atoms with Gasteiger partial charge in [0.15, 0.2) is 0 Å². The van der Waals surface area contributed by atoms with E-state index < -0.39 is 0 Å². The summed E-state index contributed by atoms with van der Waals surface area (Å²) in [5, 5.41) is 40.0. The smallest absolute Gasteiger partial charge is 0.104 e. The summed E-state index contributed by atoms with van der Waals surface area (Å²) in [6.45, 7) is 0. The molecule has 6 aromatic heterocycles. The lowest BCUT2D eigenvalue weighted by Gasteiger charge is -2.27. The van der Waals surface area contributed by atoms with Crippen molar-refractivity contribution >= 4 is 150 Å². The number of benzene rings is 15. The van der Waals surface area contributed by atoms with Crippen LogP contribution in [-0.4, -0.2) is 18.3 Å². The number of fused-ring (bicyclic) bond motifs is 20. The van der Waals surface area contributed by atoms with Gasteiger partial charge in [-0.25, -0.2) is 0 Å². The third-order valence-corrected chi connectivity index (χ3v) is 23.3. The molecule has 100 heavy (non-hydrogen) atoms. The molecule has 0 aliphatic heterocycles. The molecule has 6 nitrogen and oxygen atoms in total. The topological polar surface area (TPSA) is 67.3 Å². The van der Waals surface area contributed by atoms with Crippen LogP contribution >= 0.6 is 22.7 Å². The molecule has 0 atom stereocenters. The second-order valence-electron chi connectivity index (χ2n) is 25.9. The molecule has 0 saturated heterocycles. The van der Waals surface area contributed by atoms with Crippen LogP contribution in [0.2, 0.25) is 0 Å². The second kappa shape index (κ2) is 21.7. The molecule has 0 radical (unpaired) electrons. The van der Waals surface area contributed by atoms with E-state index in [0.29, 0.717) is 33.9 Å². The van der Waals surface area contributed by atoms with Crippen LogP contribution in [0.3, 0.4) is 0 Å². The zero-order chi connectivity index (χ0) is 65.8. The summed E-state index contributed by atoms with van der Waals surface area (Å²) in [7, 11) is 0. The van der Waals surface area contributed by atoms with Crippen LogP contribution in [0.25, 0.3) is 195 Å². The van der Waals surface area contributed by atoms with Crippen molar-refractivity contribution in [3.63, 3.8) is 0 Å². The van der Waals surface area contributed by atoms with Crippen LogP contribution in [-0.2, 0) is 0 Å².